The SMILES string of the molecule is CCOC(=O)C(CN1C=CCN1)OC(=O)Nc1c(C)ccc2ccccc12. The monoisotopic (exact) mass is 369 g/mol. The van der Waals surface area contributed by atoms with Gasteiger partial charge in [-0.3, -0.25) is 5.32 Å². The minimum absolute atomic E-state index is 0.164. The minimum Gasteiger partial charge on any atom is -0.463 e. The fourth-order valence-electron chi connectivity index (χ4n) is 2.91. The number of amides is 1. The number of nitrogens with one attached hydrogen (secondary N) is 2. The van der Waals surface area contributed by atoms with Gasteiger partial charge in [0, 0.05) is 18.1 Å². The van der Waals surface area contributed by atoms with E-state index in [9.17, 15) is 9.59 Å². The standard InChI is InChI=1S/C20H23N3O4/c1-3-26-19(24)17(13-23-12-6-11-21-23)27-20(25)22-18-14(2)9-10-15-7-4-5-8-16(15)18/h4-10,12,17,21H,3,11,13H2,1-2H3,(H,22,25). The van der Waals surface area contributed by atoms with Crippen LogP contribution >= 0.6 is 0 Å². The zero-order valence-corrected chi connectivity index (χ0v) is 15.4. The molecule has 2 N–H and O–H groups in total. The summed E-state index contributed by atoms with van der Waals surface area (Å²) in [5.41, 5.74) is 4.61. The molecule has 0 radical (unpaired) electrons. The number of hydrazine groups is 1. The molecule has 1 amide bonds. The van der Waals surface area contributed by atoms with Crippen LogP contribution in [0.15, 0.2) is 48.7 Å². The molecular weight excluding hydrogens is 346 g/mol. The molecule has 0 saturated heterocycles. The van der Waals surface area contributed by atoms with Gasteiger partial charge in [0.25, 0.3) is 0 Å². The molecule has 0 fully saturated rings. The molecule has 0 aliphatic carbocycles. The predicted molar refractivity (Wildman–Crippen MR) is 103 cm³/mol. The molecule has 0 spiro atoms. The van der Waals surface area contributed by atoms with Gasteiger partial charge in [-0.05, 0) is 24.8 Å². The number of carbonyl (C=O) groups is 2. The highest BCUT2D eigenvalue weighted by Crippen LogP contribution is 2.27. The maximum absolute atomic E-state index is 12.5. The Hall–Kier alpha value is -3.06. The van der Waals surface area contributed by atoms with Crippen LogP contribution in [0.4, 0.5) is 10.5 Å². The first kappa shape index (κ1) is 18.7. The molecular formula is C20H23N3O4. The predicted octanol–water partition coefficient (Wildman–Crippen LogP) is 2.96. The van der Waals surface area contributed by atoms with Crippen LogP contribution in [0.5, 0.6) is 0 Å². The van der Waals surface area contributed by atoms with E-state index in [1.807, 2.05) is 49.4 Å². The Balaban J connectivity index is 1.75. The number of hydrogen-bond acceptors (Lipinski definition) is 6. The molecule has 0 bridgehead atoms. The molecule has 1 atom stereocenters. The maximum Gasteiger partial charge on any atom is 0.412 e. The van der Waals surface area contributed by atoms with Crippen molar-refractivity contribution in [3.63, 3.8) is 0 Å². The van der Waals surface area contributed by atoms with Crippen LogP contribution in [0.1, 0.15) is 12.5 Å². The Labute approximate surface area is 157 Å². The third kappa shape index (κ3) is 4.57. The van der Waals surface area contributed by atoms with Crippen LogP contribution < -0.4 is 10.7 Å². The number of ether oxygens (including phenoxy) is 2. The second-order valence-corrected chi connectivity index (χ2v) is 6.15. The fraction of sp³-hybridized carbons (Fsp3) is 0.300. The van der Waals surface area contributed by atoms with Crippen LogP contribution in [0.2, 0.25) is 0 Å². The number of carbonyl (C=O) groups excluding carboxylic acids is 2. The molecule has 142 valence electrons. The van der Waals surface area contributed by atoms with Gasteiger partial charge >= 0.3 is 12.1 Å². The number of hydrogen-bond donors (Lipinski definition) is 2. The highest BCUT2D eigenvalue weighted by atomic mass is 16.6. The van der Waals surface area contributed by atoms with E-state index >= 15 is 0 Å². The van der Waals surface area contributed by atoms with Crippen LogP contribution in [-0.2, 0) is 14.3 Å². The van der Waals surface area contributed by atoms with Gasteiger partial charge in [0.2, 0.25) is 6.10 Å². The number of fused-ring (bicyclic) bond motifs is 1. The van der Waals surface area contributed by atoms with Gasteiger partial charge in [-0.15, -0.1) is 0 Å². The number of anilines is 1. The fourth-order valence-corrected chi connectivity index (χ4v) is 2.91. The van der Waals surface area contributed by atoms with Crippen LogP contribution in [0, 0.1) is 6.92 Å². The summed E-state index contributed by atoms with van der Waals surface area (Å²) in [5.74, 6) is -0.579. The Bertz CT molecular complexity index is 865. The summed E-state index contributed by atoms with van der Waals surface area (Å²) in [6, 6.07) is 11.7. The van der Waals surface area contributed by atoms with Crippen molar-refractivity contribution >= 4 is 28.5 Å². The van der Waals surface area contributed by atoms with Gasteiger partial charge in [0.15, 0.2) is 0 Å². The van der Waals surface area contributed by atoms with Gasteiger partial charge < -0.3 is 14.5 Å². The summed E-state index contributed by atoms with van der Waals surface area (Å²) >= 11 is 0. The lowest BCUT2D eigenvalue weighted by Gasteiger charge is -2.23. The maximum atomic E-state index is 12.5. The van der Waals surface area contributed by atoms with E-state index in [0.29, 0.717) is 12.2 Å². The lowest BCUT2D eigenvalue weighted by molar-refractivity contribution is -0.153. The Morgan fingerprint density at radius 3 is 2.81 bits per heavy atom. The van der Waals surface area contributed by atoms with Gasteiger partial charge in [0.1, 0.15) is 0 Å². The van der Waals surface area contributed by atoms with Crippen molar-refractivity contribution in [1.82, 2.24) is 10.4 Å². The Kier molecular flexibility index (Phi) is 5.93. The van der Waals surface area contributed by atoms with Gasteiger partial charge in [-0.2, -0.15) is 0 Å². The second kappa shape index (κ2) is 8.55. The molecule has 1 aliphatic heterocycles. The summed E-state index contributed by atoms with van der Waals surface area (Å²) < 4.78 is 10.4. The lowest BCUT2D eigenvalue weighted by atomic mass is 10.0. The van der Waals surface area contributed by atoms with Crippen molar-refractivity contribution in [1.29, 1.82) is 0 Å². The summed E-state index contributed by atoms with van der Waals surface area (Å²) in [6.07, 6.45) is 1.95. The summed E-state index contributed by atoms with van der Waals surface area (Å²) in [7, 11) is 0. The van der Waals surface area contributed by atoms with E-state index in [1.54, 1.807) is 18.1 Å². The molecule has 0 saturated carbocycles. The van der Waals surface area contributed by atoms with Crippen LogP contribution in [0.3, 0.4) is 0 Å². The highest BCUT2D eigenvalue weighted by molar-refractivity contribution is 6.01. The molecule has 27 heavy (non-hydrogen) atoms. The second-order valence-electron chi connectivity index (χ2n) is 6.15. The molecule has 1 aliphatic rings. The van der Waals surface area contributed by atoms with Crippen molar-refractivity contribution < 1.29 is 19.1 Å². The molecule has 0 aromatic heterocycles. The normalized spacial score (nSPS) is 14.2. The molecule has 7 nitrogen and oxygen atoms in total. The van der Waals surface area contributed by atoms with Crippen molar-refractivity contribution in [2.24, 2.45) is 0 Å². The third-order valence-corrected chi connectivity index (χ3v) is 4.22. The van der Waals surface area contributed by atoms with Gasteiger partial charge in [-0.1, -0.05) is 42.5 Å². The lowest BCUT2D eigenvalue weighted by Crippen LogP contribution is -2.43. The number of esters is 1. The number of benzene rings is 2. The Morgan fingerprint density at radius 1 is 1.26 bits per heavy atom. The number of nitrogens with zero attached hydrogens (tertiary/aromatic N) is 1. The quantitative estimate of drug-likeness (QED) is 0.762. The van der Waals surface area contributed by atoms with E-state index in [2.05, 4.69) is 10.7 Å². The Morgan fingerprint density at radius 2 is 2.07 bits per heavy atom. The van der Waals surface area contributed by atoms with Crippen molar-refractivity contribution in [3.8, 4) is 0 Å². The molecule has 7 heteroatoms. The zero-order chi connectivity index (χ0) is 19.2. The van der Waals surface area contributed by atoms with Crippen molar-refractivity contribution in [2.75, 3.05) is 25.0 Å². The molecule has 3 rings (SSSR count). The first-order chi connectivity index (χ1) is 13.1. The highest BCUT2D eigenvalue weighted by Gasteiger charge is 2.27. The topological polar surface area (TPSA) is 79.9 Å². The van der Waals surface area contributed by atoms with E-state index in [1.165, 1.54) is 0 Å². The van der Waals surface area contributed by atoms with Crippen LogP contribution in [-0.4, -0.2) is 42.9 Å². The van der Waals surface area contributed by atoms with E-state index in [4.69, 9.17) is 9.47 Å². The van der Waals surface area contributed by atoms with Crippen molar-refractivity contribution in [2.45, 2.75) is 20.0 Å². The van der Waals surface area contributed by atoms with Gasteiger partial charge in [0.05, 0.1) is 18.8 Å². The molecule has 2 aromatic rings. The van der Waals surface area contributed by atoms with E-state index in [-0.39, 0.29) is 13.2 Å². The first-order valence-electron chi connectivity index (χ1n) is 8.88. The molecule has 1 heterocycles. The van der Waals surface area contributed by atoms with Gasteiger partial charge in [-0.25, -0.2) is 15.0 Å². The van der Waals surface area contributed by atoms with E-state index < -0.39 is 18.2 Å². The average molecular weight is 369 g/mol. The third-order valence-electron chi connectivity index (χ3n) is 4.22. The van der Waals surface area contributed by atoms with Crippen LogP contribution in [0.25, 0.3) is 10.8 Å². The number of rotatable bonds is 6. The first-order valence-corrected chi connectivity index (χ1v) is 8.88. The van der Waals surface area contributed by atoms with E-state index in [0.717, 1.165) is 16.3 Å². The minimum atomic E-state index is -1.05. The molecule has 2 aromatic carbocycles. The average Bonchev–Trinajstić information content (AvgIpc) is 3.17. The summed E-state index contributed by atoms with van der Waals surface area (Å²) in [5, 5.41) is 6.39. The summed E-state index contributed by atoms with van der Waals surface area (Å²) in [4.78, 5) is 24.7. The number of aryl methyl sites for hydroxylation is 1. The smallest absolute Gasteiger partial charge is 0.412 e. The zero-order valence-electron chi connectivity index (χ0n) is 15.4. The largest absolute Gasteiger partial charge is 0.463 e. The summed E-state index contributed by atoms with van der Waals surface area (Å²) in [6.45, 7) is 4.66. The van der Waals surface area contributed by atoms with Crippen molar-refractivity contribution in [3.05, 3.63) is 54.2 Å². The molecule has 1 unspecified atom stereocenters.